The minimum absolute atomic E-state index is 0.0613. The van der Waals surface area contributed by atoms with E-state index in [2.05, 4.69) is 15.4 Å². The van der Waals surface area contributed by atoms with Crippen LogP contribution in [0.25, 0.3) is 0 Å². The third-order valence-electron chi connectivity index (χ3n) is 3.62. The lowest BCUT2D eigenvalue weighted by Crippen LogP contribution is -2.16. The molecule has 0 spiro atoms. The number of hydrogen-bond acceptors (Lipinski definition) is 4. The molecule has 0 bridgehead atoms. The molecule has 1 N–H and O–H groups in total. The molecule has 0 unspecified atom stereocenters. The molecule has 5 nitrogen and oxygen atoms in total. The molecular formula is C14H18N4OS. The van der Waals surface area contributed by atoms with Gasteiger partial charge in [0, 0.05) is 4.88 Å². The summed E-state index contributed by atoms with van der Waals surface area (Å²) in [6.45, 7) is 0. The van der Waals surface area contributed by atoms with Crippen LogP contribution in [-0.2, 0) is 11.2 Å². The normalized spacial score (nSPS) is 16.2. The molecule has 0 aromatic carbocycles. The van der Waals surface area contributed by atoms with Crippen molar-refractivity contribution in [2.45, 2.75) is 44.6 Å². The van der Waals surface area contributed by atoms with Crippen molar-refractivity contribution in [3.8, 4) is 0 Å². The van der Waals surface area contributed by atoms with Crippen LogP contribution in [0.4, 0.5) is 5.95 Å². The summed E-state index contributed by atoms with van der Waals surface area (Å²) in [5.41, 5.74) is 0. The Morgan fingerprint density at radius 2 is 2.25 bits per heavy atom. The highest BCUT2D eigenvalue weighted by molar-refractivity contribution is 7.10. The zero-order valence-electron chi connectivity index (χ0n) is 11.3. The van der Waals surface area contributed by atoms with Crippen LogP contribution in [-0.4, -0.2) is 20.7 Å². The van der Waals surface area contributed by atoms with Crippen molar-refractivity contribution in [1.82, 2.24) is 14.8 Å². The minimum Gasteiger partial charge on any atom is -0.293 e. The van der Waals surface area contributed by atoms with Crippen molar-refractivity contribution in [3.05, 3.63) is 28.7 Å². The third kappa shape index (κ3) is 3.25. The van der Waals surface area contributed by atoms with Crippen LogP contribution in [0.15, 0.2) is 23.8 Å². The van der Waals surface area contributed by atoms with E-state index < -0.39 is 0 Å². The van der Waals surface area contributed by atoms with E-state index in [1.165, 1.54) is 19.3 Å². The number of hydrogen-bond donors (Lipinski definition) is 1. The summed E-state index contributed by atoms with van der Waals surface area (Å²) in [4.78, 5) is 17.1. The van der Waals surface area contributed by atoms with Gasteiger partial charge < -0.3 is 0 Å². The van der Waals surface area contributed by atoms with E-state index in [0.29, 0.717) is 18.4 Å². The summed E-state index contributed by atoms with van der Waals surface area (Å²) in [6.07, 6.45) is 8.26. The van der Waals surface area contributed by atoms with E-state index in [4.69, 9.17) is 0 Å². The average Bonchev–Trinajstić information content (AvgIpc) is 3.11. The zero-order valence-corrected chi connectivity index (χ0v) is 12.1. The molecule has 1 aliphatic rings. The molecule has 2 aromatic heterocycles. The largest absolute Gasteiger partial charge is 0.293 e. The Labute approximate surface area is 122 Å². The van der Waals surface area contributed by atoms with Crippen molar-refractivity contribution in [3.63, 3.8) is 0 Å². The number of carbonyl (C=O) groups is 1. The Balaban J connectivity index is 1.57. The number of aromatic nitrogens is 3. The highest BCUT2D eigenvalue weighted by Crippen LogP contribution is 2.27. The number of amides is 1. The maximum Gasteiger partial charge on any atom is 0.248 e. The number of anilines is 1. The highest BCUT2D eigenvalue weighted by atomic mass is 32.1. The molecule has 20 heavy (non-hydrogen) atoms. The lowest BCUT2D eigenvalue weighted by Gasteiger charge is -2.21. The standard InChI is InChI=1S/C14H18N4OS/c19-13(9-12-7-4-8-20-12)16-14-15-10-18(17-14)11-5-2-1-3-6-11/h4,7-8,10-11H,1-3,5-6,9H2,(H,16,17,19). The molecule has 2 aromatic rings. The van der Waals surface area contributed by atoms with Gasteiger partial charge in [0.15, 0.2) is 0 Å². The zero-order chi connectivity index (χ0) is 13.8. The van der Waals surface area contributed by atoms with E-state index in [1.54, 1.807) is 17.7 Å². The molecule has 1 amide bonds. The first-order chi connectivity index (χ1) is 9.81. The predicted octanol–water partition coefficient (Wildman–Crippen LogP) is 3.03. The number of thiophene rings is 1. The van der Waals surface area contributed by atoms with Gasteiger partial charge in [-0.05, 0) is 24.3 Å². The Bertz CT molecular complexity index is 558. The maximum atomic E-state index is 11.9. The number of nitrogens with one attached hydrogen (secondary N) is 1. The lowest BCUT2D eigenvalue weighted by atomic mass is 9.96. The summed E-state index contributed by atoms with van der Waals surface area (Å²) in [6, 6.07) is 4.35. The molecule has 1 fully saturated rings. The fraction of sp³-hybridized carbons (Fsp3) is 0.500. The molecule has 1 aliphatic carbocycles. The molecule has 3 rings (SSSR count). The van der Waals surface area contributed by atoms with Crippen LogP contribution >= 0.6 is 11.3 Å². The van der Waals surface area contributed by atoms with Gasteiger partial charge in [0.1, 0.15) is 6.33 Å². The van der Waals surface area contributed by atoms with Gasteiger partial charge in [0.25, 0.3) is 0 Å². The molecule has 0 aliphatic heterocycles. The number of nitrogens with zero attached hydrogens (tertiary/aromatic N) is 3. The molecule has 0 radical (unpaired) electrons. The Morgan fingerprint density at radius 1 is 1.40 bits per heavy atom. The molecule has 2 heterocycles. The van der Waals surface area contributed by atoms with Crippen LogP contribution in [0.5, 0.6) is 0 Å². The lowest BCUT2D eigenvalue weighted by molar-refractivity contribution is -0.115. The van der Waals surface area contributed by atoms with Gasteiger partial charge in [-0.3, -0.25) is 10.1 Å². The fourth-order valence-electron chi connectivity index (χ4n) is 2.59. The average molecular weight is 290 g/mol. The molecule has 0 saturated heterocycles. The third-order valence-corrected chi connectivity index (χ3v) is 4.50. The van der Waals surface area contributed by atoms with E-state index in [9.17, 15) is 4.79 Å². The highest BCUT2D eigenvalue weighted by Gasteiger charge is 2.17. The van der Waals surface area contributed by atoms with E-state index in [1.807, 2.05) is 22.2 Å². The fourth-order valence-corrected chi connectivity index (χ4v) is 3.30. The SMILES string of the molecule is O=C(Cc1cccs1)Nc1ncn(C2CCCCC2)n1. The van der Waals surface area contributed by atoms with Crippen molar-refractivity contribution in [2.75, 3.05) is 5.32 Å². The monoisotopic (exact) mass is 290 g/mol. The van der Waals surface area contributed by atoms with Crippen LogP contribution in [0.3, 0.4) is 0 Å². The summed E-state index contributed by atoms with van der Waals surface area (Å²) < 4.78 is 1.90. The number of carbonyl (C=O) groups excluding carboxylic acids is 1. The summed E-state index contributed by atoms with van der Waals surface area (Å²) in [7, 11) is 0. The second kappa shape index (κ2) is 6.17. The maximum absolute atomic E-state index is 11.9. The van der Waals surface area contributed by atoms with Gasteiger partial charge in [0.05, 0.1) is 12.5 Å². The second-order valence-electron chi connectivity index (χ2n) is 5.14. The van der Waals surface area contributed by atoms with Crippen molar-refractivity contribution in [2.24, 2.45) is 0 Å². The van der Waals surface area contributed by atoms with Crippen LogP contribution in [0, 0.1) is 0 Å². The van der Waals surface area contributed by atoms with Gasteiger partial charge >= 0.3 is 0 Å². The Kier molecular flexibility index (Phi) is 4.11. The molecular weight excluding hydrogens is 272 g/mol. The van der Waals surface area contributed by atoms with Gasteiger partial charge in [0.2, 0.25) is 11.9 Å². The van der Waals surface area contributed by atoms with E-state index in [0.717, 1.165) is 17.7 Å². The molecule has 1 saturated carbocycles. The van der Waals surface area contributed by atoms with Crippen LogP contribution in [0.1, 0.15) is 43.0 Å². The van der Waals surface area contributed by atoms with Crippen LogP contribution in [0.2, 0.25) is 0 Å². The van der Waals surface area contributed by atoms with Gasteiger partial charge in [-0.1, -0.05) is 25.3 Å². The van der Waals surface area contributed by atoms with E-state index >= 15 is 0 Å². The first-order valence-corrected chi connectivity index (χ1v) is 7.92. The summed E-state index contributed by atoms with van der Waals surface area (Å²) in [5.74, 6) is 0.353. The minimum atomic E-state index is -0.0613. The molecule has 0 atom stereocenters. The molecule has 6 heteroatoms. The number of rotatable bonds is 4. The van der Waals surface area contributed by atoms with Gasteiger partial charge in [-0.25, -0.2) is 9.67 Å². The summed E-state index contributed by atoms with van der Waals surface area (Å²) >= 11 is 1.58. The second-order valence-corrected chi connectivity index (χ2v) is 6.18. The first-order valence-electron chi connectivity index (χ1n) is 7.04. The topological polar surface area (TPSA) is 59.8 Å². The van der Waals surface area contributed by atoms with Gasteiger partial charge in [-0.15, -0.1) is 16.4 Å². The van der Waals surface area contributed by atoms with Crippen molar-refractivity contribution in [1.29, 1.82) is 0 Å². The molecule has 106 valence electrons. The van der Waals surface area contributed by atoms with E-state index in [-0.39, 0.29) is 5.91 Å². The predicted molar refractivity (Wildman–Crippen MR) is 78.8 cm³/mol. The van der Waals surface area contributed by atoms with Gasteiger partial charge in [-0.2, -0.15) is 0 Å². The van der Waals surface area contributed by atoms with Crippen LogP contribution < -0.4 is 5.32 Å². The first kappa shape index (κ1) is 13.3. The Morgan fingerprint density at radius 3 is 3.00 bits per heavy atom. The quantitative estimate of drug-likeness (QED) is 0.941. The Hall–Kier alpha value is -1.69. The van der Waals surface area contributed by atoms with Crippen molar-refractivity contribution >= 4 is 23.2 Å². The van der Waals surface area contributed by atoms with Crippen molar-refractivity contribution < 1.29 is 4.79 Å². The summed E-state index contributed by atoms with van der Waals surface area (Å²) in [5, 5.41) is 9.12. The smallest absolute Gasteiger partial charge is 0.248 e.